The van der Waals surface area contributed by atoms with Crippen LogP contribution in [0.2, 0.25) is 0 Å². The number of nitrogens with two attached hydrogens (primary N) is 1. The number of aromatic carboxylic acids is 1. The first kappa shape index (κ1) is 16.8. The summed E-state index contributed by atoms with van der Waals surface area (Å²) in [7, 11) is 0. The van der Waals surface area contributed by atoms with Gasteiger partial charge >= 0.3 is 12.1 Å². The second-order valence-corrected chi connectivity index (χ2v) is 4.78. The zero-order chi connectivity index (χ0) is 15.8. The molecule has 0 saturated carbocycles. The predicted octanol–water partition coefficient (Wildman–Crippen LogP) is 3.37. The van der Waals surface area contributed by atoms with Crippen molar-refractivity contribution in [1.29, 1.82) is 0 Å². The highest BCUT2D eigenvalue weighted by Crippen LogP contribution is 2.27. The Kier molecular flexibility index (Phi) is 6.52. The van der Waals surface area contributed by atoms with E-state index in [9.17, 15) is 9.59 Å². The Hall–Kier alpha value is -2.24. The SMILES string of the molecule is CCCCCCOC(=O)Oc1c(C)cc(N)cc1C(=O)O. The number of benzene rings is 1. The van der Waals surface area contributed by atoms with Crippen LogP contribution in [-0.2, 0) is 4.74 Å². The number of aryl methyl sites for hydroxylation is 1. The summed E-state index contributed by atoms with van der Waals surface area (Å²) in [5, 5.41) is 9.11. The molecule has 116 valence electrons. The zero-order valence-corrected chi connectivity index (χ0v) is 12.3. The first-order chi connectivity index (χ1) is 9.95. The van der Waals surface area contributed by atoms with Crippen LogP contribution < -0.4 is 10.5 Å². The molecule has 6 nitrogen and oxygen atoms in total. The molecule has 0 heterocycles. The van der Waals surface area contributed by atoms with Gasteiger partial charge in [0, 0.05) is 5.69 Å². The molecular weight excluding hydrogens is 274 g/mol. The number of anilines is 1. The number of unbranched alkanes of at least 4 members (excludes halogenated alkanes) is 3. The molecule has 0 saturated heterocycles. The van der Waals surface area contributed by atoms with Crippen LogP contribution in [-0.4, -0.2) is 23.8 Å². The number of ether oxygens (including phenoxy) is 2. The van der Waals surface area contributed by atoms with E-state index in [1.165, 1.54) is 12.1 Å². The Bertz CT molecular complexity index is 513. The Morgan fingerprint density at radius 1 is 1.24 bits per heavy atom. The van der Waals surface area contributed by atoms with Crippen molar-refractivity contribution < 1.29 is 24.2 Å². The molecule has 0 bridgehead atoms. The Labute approximate surface area is 123 Å². The summed E-state index contributed by atoms with van der Waals surface area (Å²) in [6.07, 6.45) is 3.01. The van der Waals surface area contributed by atoms with E-state index in [2.05, 4.69) is 6.92 Å². The first-order valence-corrected chi connectivity index (χ1v) is 6.93. The quantitative estimate of drug-likeness (QED) is 0.346. The molecule has 0 radical (unpaired) electrons. The first-order valence-electron chi connectivity index (χ1n) is 6.93. The van der Waals surface area contributed by atoms with Gasteiger partial charge in [0.15, 0.2) is 5.75 Å². The third-order valence-corrected chi connectivity index (χ3v) is 2.93. The zero-order valence-electron chi connectivity index (χ0n) is 12.3. The van der Waals surface area contributed by atoms with Crippen LogP contribution in [0.3, 0.4) is 0 Å². The number of nitrogen functional groups attached to an aromatic ring is 1. The second-order valence-electron chi connectivity index (χ2n) is 4.78. The minimum Gasteiger partial charge on any atom is -0.478 e. The molecule has 1 rings (SSSR count). The fraction of sp³-hybridized carbons (Fsp3) is 0.467. The molecule has 0 aromatic heterocycles. The van der Waals surface area contributed by atoms with E-state index in [0.29, 0.717) is 11.3 Å². The minimum absolute atomic E-state index is 0.0322. The average Bonchev–Trinajstić information content (AvgIpc) is 2.41. The van der Waals surface area contributed by atoms with Crippen molar-refractivity contribution in [3.8, 4) is 5.75 Å². The summed E-state index contributed by atoms with van der Waals surface area (Å²) in [6.45, 7) is 3.97. The summed E-state index contributed by atoms with van der Waals surface area (Å²) in [6, 6.07) is 2.79. The summed E-state index contributed by atoms with van der Waals surface area (Å²) in [5.41, 5.74) is 6.20. The van der Waals surface area contributed by atoms with E-state index in [1.54, 1.807) is 6.92 Å². The van der Waals surface area contributed by atoms with Crippen LogP contribution in [0.4, 0.5) is 10.5 Å². The Morgan fingerprint density at radius 3 is 2.57 bits per heavy atom. The molecule has 0 amide bonds. The number of hydrogen-bond donors (Lipinski definition) is 2. The second kappa shape index (κ2) is 8.14. The summed E-state index contributed by atoms with van der Waals surface area (Å²) >= 11 is 0. The molecule has 1 aromatic carbocycles. The molecule has 0 aliphatic heterocycles. The third-order valence-electron chi connectivity index (χ3n) is 2.93. The Morgan fingerprint density at radius 2 is 1.95 bits per heavy atom. The molecule has 1 aromatic rings. The van der Waals surface area contributed by atoms with Gasteiger partial charge in [-0.1, -0.05) is 26.2 Å². The molecule has 0 spiro atoms. The highest BCUT2D eigenvalue weighted by molar-refractivity contribution is 5.93. The number of rotatable bonds is 7. The van der Waals surface area contributed by atoms with Gasteiger partial charge in [0.05, 0.1) is 6.61 Å². The number of carbonyl (C=O) groups is 2. The predicted molar refractivity (Wildman–Crippen MR) is 78.7 cm³/mol. The van der Waals surface area contributed by atoms with Gasteiger partial charge in [0.2, 0.25) is 0 Å². The number of hydrogen-bond acceptors (Lipinski definition) is 5. The van der Waals surface area contributed by atoms with E-state index >= 15 is 0 Å². The van der Waals surface area contributed by atoms with E-state index < -0.39 is 12.1 Å². The number of carbonyl (C=O) groups excluding carboxylic acids is 1. The summed E-state index contributed by atoms with van der Waals surface area (Å²) < 4.78 is 9.93. The van der Waals surface area contributed by atoms with Crippen LogP contribution in [0.15, 0.2) is 12.1 Å². The lowest BCUT2D eigenvalue weighted by molar-refractivity contribution is 0.0689. The van der Waals surface area contributed by atoms with Gasteiger partial charge in [-0.15, -0.1) is 0 Å². The normalized spacial score (nSPS) is 10.2. The molecule has 0 unspecified atom stereocenters. The van der Waals surface area contributed by atoms with Crippen molar-refractivity contribution in [2.45, 2.75) is 39.5 Å². The molecule has 0 atom stereocenters. The van der Waals surface area contributed by atoms with Crippen molar-refractivity contribution in [2.24, 2.45) is 0 Å². The van der Waals surface area contributed by atoms with E-state index in [-0.39, 0.29) is 17.9 Å². The molecule has 6 heteroatoms. The lowest BCUT2D eigenvalue weighted by Gasteiger charge is -2.11. The standard InChI is InChI=1S/C15H21NO5/c1-3-4-5-6-7-20-15(19)21-13-10(2)8-11(16)9-12(13)14(17)18/h8-9H,3-7,16H2,1-2H3,(H,17,18). The van der Waals surface area contributed by atoms with E-state index in [1.807, 2.05) is 0 Å². The molecule has 0 aliphatic rings. The summed E-state index contributed by atoms with van der Waals surface area (Å²) in [5.74, 6) is -1.24. The van der Waals surface area contributed by atoms with E-state index in [0.717, 1.165) is 25.7 Å². The topological polar surface area (TPSA) is 98.9 Å². The van der Waals surface area contributed by atoms with Crippen molar-refractivity contribution in [1.82, 2.24) is 0 Å². The van der Waals surface area contributed by atoms with Gasteiger partial charge < -0.3 is 20.3 Å². The maximum absolute atomic E-state index is 11.6. The fourth-order valence-electron chi connectivity index (χ4n) is 1.89. The lowest BCUT2D eigenvalue weighted by Crippen LogP contribution is -2.15. The van der Waals surface area contributed by atoms with Crippen LogP contribution >= 0.6 is 0 Å². The monoisotopic (exact) mass is 295 g/mol. The van der Waals surface area contributed by atoms with Crippen molar-refractivity contribution >= 4 is 17.8 Å². The van der Waals surface area contributed by atoms with Gasteiger partial charge in [-0.3, -0.25) is 0 Å². The Balaban J connectivity index is 2.65. The molecule has 21 heavy (non-hydrogen) atoms. The average molecular weight is 295 g/mol. The van der Waals surface area contributed by atoms with Crippen molar-refractivity contribution in [2.75, 3.05) is 12.3 Å². The van der Waals surface area contributed by atoms with Crippen LogP contribution in [0.25, 0.3) is 0 Å². The maximum atomic E-state index is 11.6. The van der Waals surface area contributed by atoms with E-state index in [4.69, 9.17) is 20.3 Å². The van der Waals surface area contributed by atoms with Gasteiger partial charge in [-0.05, 0) is 31.0 Å². The lowest BCUT2D eigenvalue weighted by atomic mass is 10.1. The third kappa shape index (κ3) is 5.33. The maximum Gasteiger partial charge on any atom is 0.513 e. The van der Waals surface area contributed by atoms with Crippen LogP contribution in [0.1, 0.15) is 48.5 Å². The van der Waals surface area contributed by atoms with Gasteiger partial charge in [0.1, 0.15) is 5.56 Å². The van der Waals surface area contributed by atoms with Gasteiger partial charge in [0.25, 0.3) is 0 Å². The molecule has 0 fully saturated rings. The van der Waals surface area contributed by atoms with Crippen LogP contribution in [0.5, 0.6) is 5.75 Å². The highest BCUT2D eigenvalue weighted by Gasteiger charge is 2.18. The van der Waals surface area contributed by atoms with Crippen LogP contribution in [0, 0.1) is 6.92 Å². The molecule has 0 aliphatic carbocycles. The number of carboxylic acid groups (broad SMARTS) is 1. The summed E-state index contributed by atoms with van der Waals surface area (Å²) in [4.78, 5) is 22.7. The van der Waals surface area contributed by atoms with Gasteiger partial charge in [-0.2, -0.15) is 0 Å². The fourth-order valence-corrected chi connectivity index (χ4v) is 1.89. The van der Waals surface area contributed by atoms with Gasteiger partial charge in [-0.25, -0.2) is 9.59 Å². The largest absolute Gasteiger partial charge is 0.513 e. The van der Waals surface area contributed by atoms with Crippen molar-refractivity contribution in [3.05, 3.63) is 23.3 Å². The van der Waals surface area contributed by atoms with Crippen molar-refractivity contribution in [3.63, 3.8) is 0 Å². The number of carboxylic acids is 1. The minimum atomic E-state index is -1.21. The smallest absolute Gasteiger partial charge is 0.478 e. The molecule has 3 N–H and O–H groups in total. The highest BCUT2D eigenvalue weighted by atomic mass is 16.7. The molecular formula is C15H21NO5.